The lowest BCUT2D eigenvalue weighted by Gasteiger charge is -2.13. The van der Waals surface area contributed by atoms with Gasteiger partial charge >= 0.3 is 0 Å². The number of hydrogen-bond acceptors (Lipinski definition) is 3. The first-order chi connectivity index (χ1) is 9.13. The number of rotatable bonds is 8. The van der Waals surface area contributed by atoms with Crippen molar-refractivity contribution in [1.29, 1.82) is 0 Å². The Labute approximate surface area is 123 Å². The molecule has 0 fully saturated rings. The molecule has 1 unspecified atom stereocenters. The highest BCUT2D eigenvalue weighted by Crippen LogP contribution is 2.29. The lowest BCUT2D eigenvalue weighted by Crippen LogP contribution is -2.14. The fourth-order valence-corrected chi connectivity index (χ4v) is 2.49. The molecule has 1 atom stereocenters. The number of Topliss-reactive ketones (excluding diaryl/α,β-unsaturated/α-hetero) is 1. The number of hydrogen-bond donors (Lipinski definition) is 0. The minimum atomic E-state index is -0.134. The number of alkyl halides is 1. The smallest absolute Gasteiger partial charge is 0.176 e. The van der Waals surface area contributed by atoms with Crippen LogP contribution in [0.2, 0.25) is 0 Å². The fourth-order valence-electron chi connectivity index (χ4n) is 1.77. The van der Waals surface area contributed by atoms with Crippen LogP contribution in [0.5, 0.6) is 11.5 Å². The van der Waals surface area contributed by atoms with Crippen molar-refractivity contribution >= 4 is 21.7 Å². The zero-order chi connectivity index (χ0) is 14.3. The second-order valence-electron chi connectivity index (χ2n) is 4.15. The molecule has 0 amide bonds. The van der Waals surface area contributed by atoms with E-state index in [4.69, 9.17) is 9.47 Å². The molecule has 0 saturated heterocycles. The average molecular weight is 329 g/mol. The Morgan fingerprint density at radius 2 is 1.79 bits per heavy atom. The maximum atomic E-state index is 12.2. The molecule has 0 aromatic heterocycles. The van der Waals surface area contributed by atoms with Gasteiger partial charge in [0.15, 0.2) is 17.3 Å². The van der Waals surface area contributed by atoms with Crippen LogP contribution in [-0.2, 0) is 0 Å². The van der Waals surface area contributed by atoms with Gasteiger partial charge < -0.3 is 9.47 Å². The van der Waals surface area contributed by atoms with Gasteiger partial charge in [0.2, 0.25) is 0 Å². The van der Waals surface area contributed by atoms with E-state index in [1.807, 2.05) is 13.8 Å². The molecule has 0 bridgehead atoms. The van der Waals surface area contributed by atoms with Gasteiger partial charge in [-0.25, -0.2) is 0 Å². The zero-order valence-corrected chi connectivity index (χ0v) is 13.3. The molecule has 3 nitrogen and oxygen atoms in total. The molecular weight excluding hydrogens is 308 g/mol. The highest BCUT2D eigenvalue weighted by molar-refractivity contribution is 9.10. The van der Waals surface area contributed by atoms with E-state index in [0.717, 1.165) is 12.8 Å². The predicted molar refractivity (Wildman–Crippen MR) is 80.7 cm³/mol. The van der Waals surface area contributed by atoms with Crippen LogP contribution in [0.4, 0.5) is 0 Å². The van der Waals surface area contributed by atoms with E-state index in [9.17, 15) is 4.79 Å². The summed E-state index contributed by atoms with van der Waals surface area (Å²) in [7, 11) is 0. The van der Waals surface area contributed by atoms with Gasteiger partial charge in [0, 0.05) is 5.56 Å². The van der Waals surface area contributed by atoms with Gasteiger partial charge in [0.05, 0.1) is 18.0 Å². The summed E-state index contributed by atoms with van der Waals surface area (Å²) in [4.78, 5) is 12.1. The molecule has 106 valence electrons. The van der Waals surface area contributed by atoms with Crippen LogP contribution in [-0.4, -0.2) is 23.8 Å². The Kier molecular flexibility index (Phi) is 6.92. The van der Waals surface area contributed by atoms with Gasteiger partial charge in [-0.15, -0.1) is 0 Å². The van der Waals surface area contributed by atoms with Crippen molar-refractivity contribution in [2.45, 2.75) is 38.4 Å². The molecule has 0 heterocycles. The zero-order valence-electron chi connectivity index (χ0n) is 11.7. The van der Waals surface area contributed by atoms with Crippen LogP contribution < -0.4 is 9.47 Å². The summed E-state index contributed by atoms with van der Waals surface area (Å²) in [6, 6.07) is 5.36. The second kappa shape index (κ2) is 8.20. The molecule has 0 aliphatic carbocycles. The minimum absolute atomic E-state index is 0.0888. The van der Waals surface area contributed by atoms with Crippen LogP contribution in [0.3, 0.4) is 0 Å². The van der Waals surface area contributed by atoms with Crippen LogP contribution in [0.15, 0.2) is 18.2 Å². The van der Waals surface area contributed by atoms with Gasteiger partial charge in [-0.05, 0) is 38.5 Å². The lowest BCUT2D eigenvalue weighted by atomic mass is 10.1. The minimum Gasteiger partial charge on any atom is -0.490 e. The first-order valence-corrected chi connectivity index (χ1v) is 7.63. The molecular formula is C15H21BrO3. The van der Waals surface area contributed by atoms with Crippen LogP contribution in [0, 0.1) is 0 Å². The summed E-state index contributed by atoms with van der Waals surface area (Å²) in [5.74, 6) is 1.40. The number of ether oxygens (including phenoxy) is 2. The molecule has 19 heavy (non-hydrogen) atoms. The molecule has 1 aromatic carbocycles. The predicted octanol–water partition coefficient (Wildman–Crippen LogP) is 4.23. The largest absolute Gasteiger partial charge is 0.490 e. The first kappa shape index (κ1) is 16.0. The van der Waals surface area contributed by atoms with Gasteiger partial charge in [-0.1, -0.05) is 29.3 Å². The van der Waals surface area contributed by atoms with Crippen molar-refractivity contribution in [3.63, 3.8) is 0 Å². The van der Waals surface area contributed by atoms with Gasteiger partial charge in [0.25, 0.3) is 0 Å². The molecule has 1 rings (SSSR count). The quantitative estimate of drug-likeness (QED) is 0.529. The fraction of sp³-hybridized carbons (Fsp3) is 0.533. The molecule has 0 radical (unpaired) electrons. The summed E-state index contributed by atoms with van der Waals surface area (Å²) >= 11 is 3.43. The third kappa shape index (κ3) is 4.53. The summed E-state index contributed by atoms with van der Waals surface area (Å²) in [5.41, 5.74) is 0.655. The SMILES string of the molecule is CCCC(Br)C(=O)c1ccc(OCC)c(OCC)c1. The Morgan fingerprint density at radius 1 is 1.16 bits per heavy atom. The number of ketones is 1. The van der Waals surface area contributed by atoms with E-state index in [1.165, 1.54) is 0 Å². The monoisotopic (exact) mass is 328 g/mol. The van der Waals surface area contributed by atoms with Crippen molar-refractivity contribution in [2.75, 3.05) is 13.2 Å². The van der Waals surface area contributed by atoms with E-state index in [0.29, 0.717) is 30.3 Å². The van der Waals surface area contributed by atoms with Crippen molar-refractivity contribution in [3.8, 4) is 11.5 Å². The summed E-state index contributed by atoms with van der Waals surface area (Å²) in [5, 5.41) is 0. The third-order valence-electron chi connectivity index (χ3n) is 2.65. The Bertz CT molecular complexity index is 418. The normalized spacial score (nSPS) is 12.0. The first-order valence-electron chi connectivity index (χ1n) is 6.71. The number of carbonyl (C=O) groups is 1. The Morgan fingerprint density at radius 3 is 2.37 bits per heavy atom. The van der Waals surface area contributed by atoms with E-state index in [2.05, 4.69) is 22.9 Å². The molecule has 0 aliphatic rings. The van der Waals surface area contributed by atoms with Crippen molar-refractivity contribution < 1.29 is 14.3 Å². The maximum Gasteiger partial charge on any atom is 0.176 e. The van der Waals surface area contributed by atoms with E-state index in [1.54, 1.807) is 18.2 Å². The summed E-state index contributed by atoms with van der Waals surface area (Å²) in [6.45, 7) is 7.01. The maximum absolute atomic E-state index is 12.2. The summed E-state index contributed by atoms with van der Waals surface area (Å²) in [6.07, 6.45) is 1.80. The number of carbonyl (C=O) groups excluding carboxylic acids is 1. The molecule has 1 aromatic rings. The van der Waals surface area contributed by atoms with E-state index in [-0.39, 0.29) is 10.6 Å². The van der Waals surface area contributed by atoms with Gasteiger partial charge in [-0.3, -0.25) is 4.79 Å². The van der Waals surface area contributed by atoms with Crippen molar-refractivity contribution in [3.05, 3.63) is 23.8 Å². The van der Waals surface area contributed by atoms with Crippen molar-refractivity contribution in [1.82, 2.24) is 0 Å². The van der Waals surface area contributed by atoms with Crippen molar-refractivity contribution in [2.24, 2.45) is 0 Å². The average Bonchev–Trinajstić information content (AvgIpc) is 2.40. The highest BCUT2D eigenvalue weighted by atomic mass is 79.9. The van der Waals surface area contributed by atoms with Gasteiger partial charge in [-0.2, -0.15) is 0 Å². The van der Waals surface area contributed by atoms with Crippen LogP contribution >= 0.6 is 15.9 Å². The van der Waals surface area contributed by atoms with Crippen LogP contribution in [0.1, 0.15) is 44.0 Å². The highest BCUT2D eigenvalue weighted by Gasteiger charge is 2.18. The molecule has 4 heteroatoms. The van der Waals surface area contributed by atoms with E-state index < -0.39 is 0 Å². The standard InChI is InChI=1S/C15H21BrO3/c1-4-7-12(16)15(17)11-8-9-13(18-5-2)14(10-11)19-6-3/h8-10,12H,4-7H2,1-3H3. The number of benzene rings is 1. The summed E-state index contributed by atoms with van der Waals surface area (Å²) < 4.78 is 11.0. The topological polar surface area (TPSA) is 35.5 Å². The Balaban J connectivity index is 2.96. The van der Waals surface area contributed by atoms with E-state index >= 15 is 0 Å². The van der Waals surface area contributed by atoms with Gasteiger partial charge in [0.1, 0.15) is 0 Å². The Hall–Kier alpha value is -1.03. The van der Waals surface area contributed by atoms with Crippen LogP contribution in [0.25, 0.3) is 0 Å². The number of halogens is 1. The lowest BCUT2D eigenvalue weighted by molar-refractivity contribution is 0.0988. The second-order valence-corrected chi connectivity index (χ2v) is 5.25. The molecule has 0 spiro atoms. The molecule has 0 saturated carbocycles. The molecule has 0 N–H and O–H groups in total. The molecule has 0 aliphatic heterocycles. The third-order valence-corrected chi connectivity index (χ3v) is 3.53.